The third-order valence-electron chi connectivity index (χ3n) is 3.75. The number of H-pyrrole nitrogens is 1. The Balaban J connectivity index is 1.89. The lowest BCUT2D eigenvalue weighted by Gasteiger charge is -2.05. The van der Waals surface area contributed by atoms with E-state index in [0.29, 0.717) is 0 Å². The molecule has 0 unspecified atom stereocenters. The highest BCUT2D eigenvalue weighted by Gasteiger charge is 2.14. The van der Waals surface area contributed by atoms with E-state index >= 15 is 0 Å². The Bertz CT molecular complexity index is 942. The van der Waals surface area contributed by atoms with Crippen LogP contribution in [0.15, 0.2) is 88.7 Å². The van der Waals surface area contributed by atoms with Gasteiger partial charge in [0.2, 0.25) is 0 Å². The summed E-state index contributed by atoms with van der Waals surface area (Å²) in [5.41, 5.74) is 3.43. The van der Waals surface area contributed by atoms with Gasteiger partial charge in [-0.2, -0.15) is 0 Å². The zero-order chi connectivity index (χ0) is 15.6. The minimum Gasteiger partial charge on any atom is -0.354 e. The average molecular weight is 336 g/mol. The van der Waals surface area contributed by atoms with Gasteiger partial charge in [-0.15, -0.1) is 0 Å². The normalized spacial score (nSPS) is 11.0. The van der Waals surface area contributed by atoms with Crippen molar-refractivity contribution >= 4 is 34.3 Å². The molecule has 0 saturated heterocycles. The van der Waals surface area contributed by atoms with Gasteiger partial charge in [-0.1, -0.05) is 71.9 Å². The molecule has 23 heavy (non-hydrogen) atoms. The molecule has 0 radical (unpaired) electrons. The summed E-state index contributed by atoms with van der Waals surface area (Å²) >= 11 is 7.82. The zero-order valence-corrected chi connectivity index (χ0v) is 13.9. The first-order chi connectivity index (χ1) is 11.3. The minimum atomic E-state index is 0.752. The molecule has 1 heterocycles. The Morgan fingerprint density at radius 3 is 2.22 bits per heavy atom. The SMILES string of the molecule is Clc1ccc(-c2[nH]c3ccccc3c2Sc2ccccc2)cc1. The molecule has 3 heteroatoms. The maximum Gasteiger partial charge on any atom is 0.0606 e. The fraction of sp³-hybridized carbons (Fsp3) is 0. The van der Waals surface area contributed by atoms with Crippen LogP contribution >= 0.6 is 23.4 Å². The van der Waals surface area contributed by atoms with Crippen LogP contribution in [0.3, 0.4) is 0 Å². The van der Waals surface area contributed by atoms with E-state index in [2.05, 4.69) is 65.6 Å². The largest absolute Gasteiger partial charge is 0.354 e. The van der Waals surface area contributed by atoms with Crippen molar-refractivity contribution in [3.05, 3.63) is 83.9 Å². The summed E-state index contributed by atoms with van der Waals surface area (Å²) in [4.78, 5) is 6.03. The number of aromatic nitrogens is 1. The molecule has 0 aliphatic carbocycles. The molecule has 1 N–H and O–H groups in total. The number of rotatable bonds is 3. The van der Waals surface area contributed by atoms with Gasteiger partial charge < -0.3 is 4.98 Å². The fourth-order valence-electron chi connectivity index (χ4n) is 2.65. The Hall–Kier alpha value is -2.16. The summed E-state index contributed by atoms with van der Waals surface area (Å²) in [5, 5.41) is 1.99. The van der Waals surface area contributed by atoms with E-state index in [-0.39, 0.29) is 0 Å². The number of fused-ring (bicyclic) bond motifs is 1. The molecule has 4 rings (SSSR count). The van der Waals surface area contributed by atoms with Gasteiger partial charge in [-0.25, -0.2) is 0 Å². The van der Waals surface area contributed by atoms with Crippen LogP contribution in [0, 0.1) is 0 Å². The molecule has 0 fully saturated rings. The molecule has 0 aliphatic rings. The summed E-state index contributed by atoms with van der Waals surface area (Å²) in [7, 11) is 0. The number of aromatic amines is 1. The van der Waals surface area contributed by atoms with E-state index in [9.17, 15) is 0 Å². The third kappa shape index (κ3) is 2.88. The summed E-state index contributed by atoms with van der Waals surface area (Å²) in [5.74, 6) is 0. The molecule has 3 aromatic carbocycles. The van der Waals surface area contributed by atoms with Gasteiger partial charge in [0, 0.05) is 25.7 Å². The van der Waals surface area contributed by atoms with Gasteiger partial charge in [0.1, 0.15) is 0 Å². The molecule has 0 bridgehead atoms. The van der Waals surface area contributed by atoms with Gasteiger partial charge in [0.25, 0.3) is 0 Å². The molecular weight excluding hydrogens is 322 g/mol. The monoisotopic (exact) mass is 335 g/mol. The molecule has 0 atom stereocenters. The molecule has 4 aromatic rings. The zero-order valence-electron chi connectivity index (χ0n) is 12.3. The smallest absolute Gasteiger partial charge is 0.0606 e. The lowest BCUT2D eigenvalue weighted by Crippen LogP contribution is -1.80. The molecule has 112 valence electrons. The Labute approximate surface area is 144 Å². The van der Waals surface area contributed by atoms with Gasteiger partial charge in [-0.3, -0.25) is 0 Å². The number of halogens is 1. The maximum atomic E-state index is 6.03. The van der Waals surface area contributed by atoms with E-state index in [1.54, 1.807) is 11.8 Å². The minimum absolute atomic E-state index is 0.752. The van der Waals surface area contributed by atoms with Crippen LogP contribution in [-0.4, -0.2) is 4.98 Å². The average Bonchev–Trinajstić information content (AvgIpc) is 2.95. The van der Waals surface area contributed by atoms with Crippen molar-refractivity contribution in [2.75, 3.05) is 0 Å². The van der Waals surface area contributed by atoms with Gasteiger partial charge >= 0.3 is 0 Å². The highest BCUT2D eigenvalue weighted by atomic mass is 35.5. The number of hydrogen-bond acceptors (Lipinski definition) is 1. The van der Waals surface area contributed by atoms with Crippen molar-refractivity contribution in [2.45, 2.75) is 9.79 Å². The Morgan fingerprint density at radius 2 is 1.43 bits per heavy atom. The second-order valence-corrected chi connectivity index (χ2v) is 6.82. The first-order valence-electron chi connectivity index (χ1n) is 7.41. The summed E-state index contributed by atoms with van der Waals surface area (Å²) < 4.78 is 0. The quantitative estimate of drug-likeness (QED) is 0.443. The van der Waals surface area contributed by atoms with E-state index in [1.807, 2.05) is 18.2 Å². The molecule has 0 spiro atoms. The Kier molecular flexibility index (Phi) is 3.86. The van der Waals surface area contributed by atoms with Crippen LogP contribution in [0.4, 0.5) is 0 Å². The van der Waals surface area contributed by atoms with Crippen molar-refractivity contribution in [1.82, 2.24) is 4.98 Å². The highest BCUT2D eigenvalue weighted by molar-refractivity contribution is 7.99. The first kappa shape index (κ1) is 14.4. The van der Waals surface area contributed by atoms with Crippen LogP contribution in [0.2, 0.25) is 5.02 Å². The third-order valence-corrected chi connectivity index (χ3v) is 5.14. The van der Waals surface area contributed by atoms with Crippen LogP contribution < -0.4 is 0 Å². The molecule has 0 amide bonds. The summed E-state index contributed by atoms with van der Waals surface area (Å²) in [6.07, 6.45) is 0. The molecule has 0 aliphatic heterocycles. The van der Waals surface area contributed by atoms with Crippen molar-refractivity contribution in [3.8, 4) is 11.3 Å². The van der Waals surface area contributed by atoms with Crippen molar-refractivity contribution in [1.29, 1.82) is 0 Å². The van der Waals surface area contributed by atoms with Gasteiger partial charge in [0.15, 0.2) is 0 Å². The molecule has 1 aromatic heterocycles. The predicted molar refractivity (Wildman–Crippen MR) is 99.3 cm³/mol. The first-order valence-corrected chi connectivity index (χ1v) is 8.60. The van der Waals surface area contributed by atoms with Crippen molar-refractivity contribution in [2.24, 2.45) is 0 Å². The lowest BCUT2D eigenvalue weighted by molar-refractivity contribution is 1.38. The van der Waals surface area contributed by atoms with Gasteiger partial charge in [0.05, 0.1) is 5.69 Å². The second-order valence-electron chi connectivity index (χ2n) is 5.30. The number of nitrogens with one attached hydrogen (secondary N) is 1. The standard InChI is InChI=1S/C20H14ClNS/c21-15-12-10-14(11-13-15)19-20(23-16-6-2-1-3-7-16)17-8-4-5-9-18(17)22-19/h1-13,22H. The predicted octanol–water partition coefficient (Wildman–Crippen LogP) is 6.64. The van der Waals surface area contributed by atoms with E-state index in [1.165, 1.54) is 15.2 Å². The fourth-order valence-corrected chi connectivity index (χ4v) is 3.86. The van der Waals surface area contributed by atoms with Crippen LogP contribution in [-0.2, 0) is 0 Å². The van der Waals surface area contributed by atoms with E-state index in [4.69, 9.17) is 11.6 Å². The lowest BCUT2D eigenvalue weighted by atomic mass is 10.1. The molecular formula is C20H14ClNS. The van der Waals surface area contributed by atoms with Crippen LogP contribution in [0.1, 0.15) is 0 Å². The maximum absolute atomic E-state index is 6.03. The molecule has 1 nitrogen and oxygen atoms in total. The highest BCUT2D eigenvalue weighted by Crippen LogP contribution is 2.41. The number of hydrogen-bond donors (Lipinski definition) is 1. The summed E-state index contributed by atoms with van der Waals surface area (Å²) in [6, 6.07) is 26.8. The Morgan fingerprint density at radius 1 is 0.739 bits per heavy atom. The van der Waals surface area contributed by atoms with E-state index in [0.717, 1.165) is 21.8 Å². The van der Waals surface area contributed by atoms with Crippen molar-refractivity contribution in [3.63, 3.8) is 0 Å². The molecule has 0 saturated carbocycles. The van der Waals surface area contributed by atoms with Crippen molar-refractivity contribution < 1.29 is 0 Å². The van der Waals surface area contributed by atoms with Crippen LogP contribution in [0.5, 0.6) is 0 Å². The summed E-state index contributed by atoms with van der Waals surface area (Å²) in [6.45, 7) is 0. The van der Waals surface area contributed by atoms with Crippen LogP contribution in [0.25, 0.3) is 22.2 Å². The topological polar surface area (TPSA) is 15.8 Å². The number of benzene rings is 3. The van der Waals surface area contributed by atoms with E-state index < -0.39 is 0 Å². The second kappa shape index (κ2) is 6.15. The van der Waals surface area contributed by atoms with Gasteiger partial charge in [-0.05, 0) is 35.9 Å². The number of para-hydroxylation sites is 1.